The molecule has 3 aliphatic rings. The van der Waals surface area contributed by atoms with E-state index < -0.39 is 0 Å². The number of allylic oxidation sites excluding steroid dienone is 10. The third kappa shape index (κ3) is 2.93. The molecule has 0 unspecified atom stereocenters. The molecule has 0 aliphatic heterocycles. The minimum atomic E-state index is 0.964. The van der Waals surface area contributed by atoms with Gasteiger partial charge in [-0.3, -0.25) is 0 Å². The highest BCUT2D eigenvalue weighted by Gasteiger charge is 2.13. The Hall–Kier alpha value is -1.30. The van der Waals surface area contributed by atoms with E-state index in [-0.39, 0.29) is 0 Å². The molecule has 0 radical (unpaired) electrons. The lowest BCUT2D eigenvalue weighted by Crippen LogP contribution is -1.89. The quantitative estimate of drug-likeness (QED) is 0.626. The summed E-state index contributed by atoms with van der Waals surface area (Å²) in [7, 11) is 0. The van der Waals surface area contributed by atoms with Gasteiger partial charge in [0.1, 0.15) is 0 Å². The minimum absolute atomic E-state index is 0.964. The van der Waals surface area contributed by atoms with Crippen molar-refractivity contribution < 1.29 is 0 Å². The first-order chi connectivity index (χ1) is 8.90. The molecule has 0 heteroatoms. The Kier molecular flexibility index (Phi) is 3.64. The maximum Gasteiger partial charge on any atom is -0.00913 e. The van der Waals surface area contributed by atoms with E-state index in [0.29, 0.717) is 0 Å². The van der Waals surface area contributed by atoms with Crippen LogP contribution in [0.15, 0.2) is 59.3 Å². The Morgan fingerprint density at radius 1 is 1.06 bits per heavy atom. The predicted molar refractivity (Wildman–Crippen MR) is 78.3 cm³/mol. The molecule has 0 nitrogen and oxygen atoms in total. The third-order valence-corrected chi connectivity index (χ3v) is 4.29. The zero-order chi connectivity index (χ0) is 12.2. The summed E-state index contributed by atoms with van der Waals surface area (Å²) in [5.41, 5.74) is 4.38. The molecule has 18 heavy (non-hydrogen) atoms. The highest BCUT2D eigenvalue weighted by molar-refractivity contribution is 5.47. The van der Waals surface area contributed by atoms with Crippen LogP contribution in [0.2, 0.25) is 0 Å². The van der Waals surface area contributed by atoms with Crippen LogP contribution in [0.25, 0.3) is 0 Å². The van der Waals surface area contributed by atoms with Crippen LogP contribution in [0, 0.1) is 5.92 Å². The van der Waals surface area contributed by atoms with Gasteiger partial charge in [0.05, 0.1) is 0 Å². The number of hydrogen-bond donors (Lipinski definition) is 0. The second-order valence-electron chi connectivity index (χ2n) is 5.73. The van der Waals surface area contributed by atoms with Gasteiger partial charge in [-0.25, -0.2) is 0 Å². The molecule has 0 aromatic rings. The van der Waals surface area contributed by atoms with Gasteiger partial charge in [-0.05, 0) is 41.9 Å². The van der Waals surface area contributed by atoms with Crippen LogP contribution in [0.3, 0.4) is 0 Å². The van der Waals surface area contributed by atoms with Gasteiger partial charge < -0.3 is 0 Å². The fourth-order valence-electron chi connectivity index (χ4n) is 2.97. The fourth-order valence-corrected chi connectivity index (χ4v) is 2.97. The Balaban J connectivity index is 1.52. The molecule has 1 saturated carbocycles. The van der Waals surface area contributed by atoms with Crippen LogP contribution < -0.4 is 0 Å². The number of hydrogen-bond acceptors (Lipinski definition) is 0. The Morgan fingerprint density at radius 2 is 1.89 bits per heavy atom. The first-order valence-corrected chi connectivity index (χ1v) is 7.34. The molecule has 0 aromatic heterocycles. The molecule has 0 spiro atoms. The van der Waals surface area contributed by atoms with Gasteiger partial charge in [0, 0.05) is 0 Å². The summed E-state index contributed by atoms with van der Waals surface area (Å²) in [6, 6.07) is 0. The molecule has 3 aliphatic carbocycles. The zero-order valence-electron chi connectivity index (χ0n) is 11.1. The van der Waals surface area contributed by atoms with Crippen molar-refractivity contribution in [2.75, 3.05) is 0 Å². The summed E-state index contributed by atoms with van der Waals surface area (Å²) in [5.74, 6) is 0.964. The smallest absolute Gasteiger partial charge is 0.00913 e. The predicted octanol–water partition coefficient (Wildman–Crippen LogP) is 5.27. The molecule has 0 N–H and O–H groups in total. The van der Waals surface area contributed by atoms with Gasteiger partial charge in [0.25, 0.3) is 0 Å². The normalized spacial score (nSPS) is 27.2. The highest BCUT2D eigenvalue weighted by Crippen LogP contribution is 2.29. The van der Waals surface area contributed by atoms with Crippen molar-refractivity contribution >= 4 is 0 Å². The third-order valence-electron chi connectivity index (χ3n) is 4.29. The summed E-state index contributed by atoms with van der Waals surface area (Å²) in [6.07, 6.45) is 25.5. The largest absolute Gasteiger partial charge is 0.0799 e. The van der Waals surface area contributed by atoms with Crippen molar-refractivity contribution in [2.24, 2.45) is 5.92 Å². The van der Waals surface area contributed by atoms with Crippen LogP contribution in [0.4, 0.5) is 0 Å². The molecule has 0 bridgehead atoms. The summed E-state index contributed by atoms with van der Waals surface area (Å²) < 4.78 is 0. The topological polar surface area (TPSA) is 0 Å². The molecular weight excluding hydrogens is 216 g/mol. The van der Waals surface area contributed by atoms with E-state index in [1.54, 1.807) is 0 Å². The van der Waals surface area contributed by atoms with E-state index in [1.165, 1.54) is 55.2 Å². The van der Waals surface area contributed by atoms with E-state index in [2.05, 4.69) is 42.5 Å². The minimum Gasteiger partial charge on any atom is -0.0799 e. The van der Waals surface area contributed by atoms with E-state index in [4.69, 9.17) is 0 Å². The van der Waals surface area contributed by atoms with Gasteiger partial charge in [-0.1, -0.05) is 68.2 Å². The van der Waals surface area contributed by atoms with Gasteiger partial charge >= 0.3 is 0 Å². The molecule has 0 heterocycles. The zero-order valence-corrected chi connectivity index (χ0v) is 11.1. The Morgan fingerprint density at radius 3 is 2.61 bits per heavy atom. The lowest BCUT2D eigenvalue weighted by Gasteiger charge is -2.06. The van der Waals surface area contributed by atoms with Crippen molar-refractivity contribution in [1.82, 2.24) is 0 Å². The molecule has 1 fully saturated rings. The number of rotatable bonds is 4. The van der Waals surface area contributed by atoms with Gasteiger partial charge in [-0.2, -0.15) is 0 Å². The fraction of sp³-hybridized carbons (Fsp3) is 0.444. The second kappa shape index (κ2) is 5.56. The second-order valence-corrected chi connectivity index (χ2v) is 5.73. The average Bonchev–Trinajstić information content (AvgIpc) is 2.95. The Bertz CT molecular complexity index is 448. The monoisotopic (exact) mass is 238 g/mol. The van der Waals surface area contributed by atoms with Crippen molar-refractivity contribution in [3.63, 3.8) is 0 Å². The van der Waals surface area contributed by atoms with Crippen LogP contribution in [0.1, 0.15) is 44.9 Å². The van der Waals surface area contributed by atoms with E-state index >= 15 is 0 Å². The van der Waals surface area contributed by atoms with Crippen LogP contribution in [-0.4, -0.2) is 0 Å². The van der Waals surface area contributed by atoms with E-state index in [1.807, 2.05) is 0 Å². The lowest BCUT2D eigenvalue weighted by atomic mass is 10.0. The maximum atomic E-state index is 2.44. The Labute approximate surface area is 110 Å². The summed E-state index contributed by atoms with van der Waals surface area (Å²) >= 11 is 0. The van der Waals surface area contributed by atoms with Gasteiger partial charge in [0.15, 0.2) is 0 Å². The SMILES string of the molecule is C1=C/C(=C\CC2=C/C(=C\CC3CCCC3)C=C2)C1. The van der Waals surface area contributed by atoms with E-state index in [0.717, 1.165) is 12.3 Å². The lowest BCUT2D eigenvalue weighted by molar-refractivity contribution is 0.557. The molecule has 3 rings (SSSR count). The van der Waals surface area contributed by atoms with Crippen molar-refractivity contribution in [2.45, 2.75) is 44.9 Å². The van der Waals surface area contributed by atoms with Crippen molar-refractivity contribution in [1.29, 1.82) is 0 Å². The van der Waals surface area contributed by atoms with Crippen LogP contribution in [-0.2, 0) is 0 Å². The molecule has 0 amide bonds. The molecule has 94 valence electrons. The van der Waals surface area contributed by atoms with Gasteiger partial charge in [-0.15, -0.1) is 0 Å². The highest BCUT2D eigenvalue weighted by atomic mass is 14.2. The molecule has 0 atom stereocenters. The molecule has 0 saturated heterocycles. The van der Waals surface area contributed by atoms with Crippen molar-refractivity contribution in [3.8, 4) is 0 Å². The summed E-state index contributed by atoms with van der Waals surface area (Å²) in [6.45, 7) is 0. The average molecular weight is 238 g/mol. The van der Waals surface area contributed by atoms with Crippen LogP contribution >= 0.6 is 0 Å². The van der Waals surface area contributed by atoms with Gasteiger partial charge in [0.2, 0.25) is 0 Å². The summed E-state index contributed by atoms with van der Waals surface area (Å²) in [5, 5.41) is 0. The van der Waals surface area contributed by atoms with Crippen molar-refractivity contribution in [3.05, 3.63) is 59.3 Å². The molecular formula is C18H22. The molecule has 0 aromatic carbocycles. The first kappa shape index (κ1) is 11.8. The standard InChI is InChI=1S/C18H22/c1-2-5-15(4-1)8-10-17-12-13-18(14-17)11-9-16-6-3-7-16/h3,6,9-10,12-15H,1-2,4-5,7-8,11H2/b16-9+,17-10-. The first-order valence-electron chi connectivity index (χ1n) is 7.34. The van der Waals surface area contributed by atoms with E-state index in [9.17, 15) is 0 Å². The maximum absolute atomic E-state index is 2.44. The summed E-state index contributed by atoms with van der Waals surface area (Å²) in [4.78, 5) is 0. The van der Waals surface area contributed by atoms with Crippen LogP contribution in [0.5, 0.6) is 0 Å².